The second kappa shape index (κ2) is 6.16. The van der Waals surface area contributed by atoms with Crippen LogP contribution in [0.5, 0.6) is 0 Å². The van der Waals surface area contributed by atoms with Gasteiger partial charge in [-0.25, -0.2) is 0 Å². The smallest absolute Gasteiger partial charge is 0.110 e. The van der Waals surface area contributed by atoms with Crippen molar-refractivity contribution < 1.29 is 5.11 Å². The van der Waals surface area contributed by atoms with Crippen LogP contribution in [0.1, 0.15) is 54.0 Å². The summed E-state index contributed by atoms with van der Waals surface area (Å²) in [4.78, 5) is 7.12. The van der Waals surface area contributed by atoms with Crippen LogP contribution in [0, 0.1) is 13.8 Å². The van der Waals surface area contributed by atoms with Crippen LogP contribution < -0.4 is 0 Å². The first-order valence-electron chi connectivity index (χ1n) is 10.7. The summed E-state index contributed by atoms with van der Waals surface area (Å²) in [7, 11) is 2.21. The normalized spacial score (nSPS) is 23.4. The zero-order valence-corrected chi connectivity index (χ0v) is 18.2. The Hall–Kier alpha value is -2.17. The summed E-state index contributed by atoms with van der Waals surface area (Å²) in [6.45, 7) is 11.4. The molecule has 152 valence electrons. The van der Waals surface area contributed by atoms with Crippen molar-refractivity contribution in [2.45, 2.75) is 64.6 Å². The molecule has 3 aromatic rings. The Balaban J connectivity index is 1.71. The summed E-state index contributed by atoms with van der Waals surface area (Å²) < 4.78 is 2.42. The Morgan fingerprint density at radius 3 is 2.72 bits per heavy atom. The van der Waals surface area contributed by atoms with Crippen LogP contribution >= 0.6 is 0 Å². The molecule has 0 radical (unpaired) electrons. The highest BCUT2D eigenvalue weighted by molar-refractivity contribution is 5.87. The Labute approximate surface area is 173 Å². The molecule has 1 aliphatic heterocycles. The van der Waals surface area contributed by atoms with Gasteiger partial charge in [0.25, 0.3) is 0 Å². The van der Waals surface area contributed by atoms with Crippen molar-refractivity contribution in [1.82, 2.24) is 14.5 Å². The quantitative estimate of drug-likeness (QED) is 0.714. The van der Waals surface area contributed by atoms with Crippen molar-refractivity contribution in [2.24, 2.45) is 0 Å². The van der Waals surface area contributed by atoms with Gasteiger partial charge < -0.3 is 14.6 Å². The van der Waals surface area contributed by atoms with Gasteiger partial charge in [0, 0.05) is 52.1 Å². The van der Waals surface area contributed by atoms with Crippen molar-refractivity contribution in [3.05, 3.63) is 64.1 Å². The van der Waals surface area contributed by atoms with Crippen LogP contribution in [0.4, 0.5) is 0 Å². The van der Waals surface area contributed by atoms with E-state index < -0.39 is 5.60 Å². The number of pyridine rings is 1. The van der Waals surface area contributed by atoms with Crippen LogP contribution in [-0.4, -0.2) is 33.1 Å². The number of aryl methyl sites for hydroxylation is 3. The minimum absolute atomic E-state index is 0.0264. The summed E-state index contributed by atoms with van der Waals surface area (Å²) in [5.41, 5.74) is 7.60. The third kappa shape index (κ3) is 2.84. The topological polar surface area (TPSA) is 41.3 Å². The number of fused-ring (bicyclic) bond motifs is 4. The van der Waals surface area contributed by atoms with Gasteiger partial charge in [-0.2, -0.15) is 0 Å². The first-order chi connectivity index (χ1) is 13.7. The maximum atomic E-state index is 11.8. The fourth-order valence-electron chi connectivity index (χ4n) is 5.82. The van der Waals surface area contributed by atoms with Crippen molar-refractivity contribution in [3.8, 4) is 0 Å². The molecule has 5 rings (SSSR count). The van der Waals surface area contributed by atoms with E-state index in [2.05, 4.69) is 61.6 Å². The van der Waals surface area contributed by atoms with Crippen molar-refractivity contribution in [1.29, 1.82) is 0 Å². The minimum atomic E-state index is -0.861. The van der Waals surface area contributed by atoms with Gasteiger partial charge in [-0.05, 0) is 57.5 Å². The van der Waals surface area contributed by atoms with E-state index in [0.717, 1.165) is 42.9 Å². The molecule has 0 amide bonds. The highest BCUT2D eigenvalue weighted by atomic mass is 16.3. The lowest BCUT2D eigenvalue weighted by atomic mass is 9.82. The number of hydrogen-bond donors (Lipinski definition) is 1. The molecular formula is C25H31N3O. The zero-order valence-electron chi connectivity index (χ0n) is 18.2. The molecule has 3 heterocycles. The lowest BCUT2D eigenvalue weighted by Gasteiger charge is -2.39. The lowest BCUT2D eigenvalue weighted by Crippen LogP contribution is -2.42. The highest BCUT2D eigenvalue weighted by Gasteiger charge is 2.42. The Kier molecular flexibility index (Phi) is 4.00. The molecule has 4 heteroatoms. The number of aliphatic hydroxyl groups is 1. The summed E-state index contributed by atoms with van der Waals surface area (Å²) in [5, 5.41) is 13.1. The molecule has 0 saturated carbocycles. The highest BCUT2D eigenvalue weighted by Crippen LogP contribution is 2.43. The van der Waals surface area contributed by atoms with Gasteiger partial charge >= 0.3 is 0 Å². The van der Waals surface area contributed by atoms with E-state index in [4.69, 9.17) is 4.98 Å². The molecule has 2 aromatic heterocycles. The third-order valence-electron chi connectivity index (χ3n) is 6.87. The standard InChI is InChI=1S/C25H31N3O/c1-16-6-9-22-18(12-16)19-13-27(5)14-24(3,4)23(19)28(22)15-25(29)11-10-21-20(25)8-7-17(2)26-21/h6-9,12,29H,10-11,13-15H2,1-5H3. The van der Waals surface area contributed by atoms with Gasteiger partial charge in [0.2, 0.25) is 0 Å². The fourth-order valence-corrected chi connectivity index (χ4v) is 5.82. The summed E-state index contributed by atoms with van der Waals surface area (Å²) >= 11 is 0. The molecule has 4 nitrogen and oxygen atoms in total. The van der Waals surface area contributed by atoms with Crippen LogP contribution in [-0.2, 0) is 30.5 Å². The average Bonchev–Trinajstić information content (AvgIpc) is 3.10. The molecule has 0 fully saturated rings. The number of likely N-dealkylation sites (N-methyl/N-ethyl adjacent to an activating group) is 1. The van der Waals surface area contributed by atoms with Crippen molar-refractivity contribution in [2.75, 3.05) is 13.6 Å². The van der Waals surface area contributed by atoms with Gasteiger partial charge in [-0.15, -0.1) is 0 Å². The zero-order chi connectivity index (χ0) is 20.6. The molecular weight excluding hydrogens is 358 g/mol. The number of hydrogen-bond acceptors (Lipinski definition) is 3. The van der Waals surface area contributed by atoms with Crippen molar-refractivity contribution in [3.63, 3.8) is 0 Å². The van der Waals surface area contributed by atoms with Crippen LogP contribution in [0.2, 0.25) is 0 Å². The number of aromatic nitrogens is 2. The van der Waals surface area contributed by atoms with Crippen LogP contribution in [0.3, 0.4) is 0 Å². The monoisotopic (exact) mass is 389 g/mol. The second-order valence-corrected chi connectivity index (χ2v) is 9.97. The van der Waals surface area contributed by atoms with Gasteiger partial charge in [-0.1, -0.05) is 31.5 Å². The average molecular weight is 390 g/mol. The predicted octanol–water partition coefficient (Wildman–Crippen LogP) is 4.21. The summed E-state index contributed by atoms with van der Waals surface area (Å²) in [6, 6.07) is 10.9. The van der Waals surface area contributed by atoms with Crippen LogP contribution in [0.25, 0.3) is 10.9 Å². The second-order valence-electron chi connectivity index (χ2n) is 9.97. The fraction of sp³-hybridized carbons (Fsp3) is 0.480. The molecule has 1 atom stereocenters. The van der Waals surface area contributed by atoms with E-state index >= 15 is 0 Å². The molecule has 1 aromatic carbocycles. The van der Waals surface area contributed by atoms with Gasteiger partial charge in [0.05, 0.1) is 6.54 Å². The molecule has 29 heavy (non-hydrogen) atoms. The first-order valence-corrected chi connectivity index (χ1v) is 10.7. The maximum Gasteiger partial charge on any atom is 0.110 e. The van der Waals surface area contributed by atoms with E-state index in [1.807, 2.05) is 13.0 Å². The number of benzene rings is 1. The first kappa shape index (κ1) is 18.8. The van der Waals surface area contributed by atoms with E-state index in [1.165, 1.54) is 27.7 Å². The van der Waals surface area contributed by atoms with E-state index in [0.29, 0.717) is 6.54 Å². The minimum Gasteiger partial charge on any atom is -0.383 e. The Bertz CT molecular complexity index is 1130. The van der Waals surface area contributed by atoms with E-state index in [9.17, 15) is 5.11 Å². The van der Waals surface area contributed by atoms with Gasteiger partial charge in [0.1, 0.15) is 5.60 Å². The Morgan fingerprint density at radius 2 is 1.93 bits per heavy atom. The molecule has 1 aliphatic carbocycles. The molecule has 0 bridgehead atoms. The number of rotatable bonds is 2. The maximum absolute atomic E-state index is 11.8. The van der Waals surface area contributed by atoms with Gasteiger partial charge in [-0.3, -0.25) is 4.98 Å². The van der Waals surface area contributed by atoms with Crippen molar-refractivity contribution >= 4 is 10.9 Å². The molecule has 0 saturated heterocycles. The summed E-state index contributed by atoms with van der Waals surface area (Å²) in [6.07, 6.45) is 1.58. The largest absolute Gasteiger partial charge is 0.383 e. The summed E-state index contributed by atoms with van der Waals surface area (Å²) in [5.74, 6) is 0. The Morgan fingerprint density at radius 1 is 1.14 bits per heavy atom. The van der Waals surface area contributed by atoms with E-state index in [1.54, 1.807) is 0 Å². The molecule has 1 unspecified atom stereocenters. The molecule has 0 spiro atoms. The lowest BCUT2D eigenvalue weighted by molar-refractivity contribution is 0.0196. The number of nitrogens with zero attached hydrogens (tertiary/aromatic N) is 3. The predicted molar refractivity (Wildman–Crippen MR) is 117 cm³/mol. The molecule has 2 aliphatic rings. The third-order valence-corrected chi connectivity index (χ3v) is 6.87. The van der Waals surface area contributed by atoms with Gasteiger partial charge in [0.15, 0.2) is 0 Å². The van der Waals surface area contributed by atoms with E-state index in [-0.39, 0.29) is 5.41 Å². The molecule has 1 N–H and O–H groups in total. The SMILES string of the molecule is Cc1ccc2c(c1)c1c(n2CC2(O)CCc3nc(C)ccc32)C(C)(C)CN(C)C1. The van der Waals surface area contributed by atoms with Crippen LogP contribution in [0.15, 0.2) is 30.3 Å².